The SMILES string of the molecule is Cc1cc(CSc2ncns2)cc(Cl)n1. The molecule has 0 aliphatic heterocycles. The number of aromatic nitrogens is 3. The van der Waals surface area contributed by atoms with Crippen molar-refractivity contribution in [1.29, 1.82) is 0 Å². The van der Waals surface area contributed by atoms with Crippen molar-refractivity contribution in [3.63, 3.8) is 0 Å². The van der Waals surface area contributed by atoms with Crippen LogP contribution in [-0.4, -0.2) is 14.3 Å². The van der Waals surface area contributed by atoms with Gasteiger partial charge in [-0.15, -0.1) is 0 Å². The van der Waals surface area contributed by atoms with Crippen LogP contribution in [0.3, 0.4) is 0 Å². The van der Waals surface area contributed by atoms with E-state index in [2.05, 4.69) is 14.3 Å². The highest BCUT2D eigenvalue weighted by atomic mass is 35.5. The summed E-state index contributed by atoms with van der Waals surface area (Å²) in [6.07, 6.45) is 1.57. The first kappa shape index (κ1) is 10.9. The summed E-state index contributed by atoms with van der Waals surface area (Å²) in [5, 5.41) is 0.544. The zero-order chi connectivity index (χ0) is 10.7. The van der Waals surface area contributed by atoms with Crippen LogP contribution < -0.4 is 0 Å². The third kappa shape index (κ3) is 3.15. The maximum atomic E-state index is 5.87. The molecular formula is C9H8ClN3S2. The normalized spacial score (nSPS) is 10.5. The Morgan fingerprint density at radius 2 is 2.33 bits per heavy atom. The van der Waals surface area contributed by atoms with Gasteiger partial charge in [0.25, 0.3) is 0 Å². The van der Waals surface area contributed by atoms with Crippen LogP contribution in [0, 0.1) is 6.92 Å². The van der Waals surface area contributed by atoms with E-state index in [-0.39, 0.29) is 0 Å². The Morgan fingerprint density at radius 1 is 1.47 bits per heavy atom. The van der Waals surface area contributed by atoms with E-state index >= 15 is 0 Å². The van der Waals surface area contributed by atoms with Crippen molar-refractivity contribution in [3.05, 3.63) is 34.9 Å². The van der Waals surface area contributed by atoms with Crippen molar-refractivity contribution < 1.29 is 0 Å². The predicted molar refractivity (Wildman–Crippen MR) is 63.5 cm³/mol. The number of pyridine rings is 1. The van der Waals surface area contributed by atoms with Crippen molar-refractivity contribution >= 4 is 34.9 Å². The number of aryl methyl sites for hydroxylation is 1. The van der Waals surface area contributed by atoms with Crippen molar-refractivity contribution in [2.45, 2.75) is 17.0 Å². The smallest absolute Gasteiger partial charge is 0.170 e. The molecule has 0 N–H and O–H groups in total. The van der Waals surface area contributed by atoms with E-state index in [1.54, 1.807) is 18.1 Å². The first-order chi connectivity index (χ1) is 7.24. The molecule has 15 heavy (non-hydrogen) atoms. The third-order valence-electron chi connectivity index (χ3n) is 1.69. The molecule has 2 heterocycles. The molecule has 0 aromatic carbocycles. The summed E-state index contributed by atoms with van der Waals surface area (Å²) >= 11 is 8.92. The number of hydrogen-bond acceptors (Lipinski definition) is 5. The van der Waals surface area contributed by atoms with Crippen LogP contribution in [0.1, 0.15) is 11.3 Å². The highest BCUT2D eigenvalue weighted by Crippen LogP contribution is 2.24. The van der Waals surface area contributed by atoms with Gasteiger partial charge in [0.2, 0.25) is 0 Å². The molecule has 0 saturated carbocycles. The van der Waals surface area contributed by atoms with Gasteiger partial charge in [-0.3, -0.25) is 0 Å². The molecule has 6 heteroatoms. The van der Waals surface area contributed by atoms with Crippen LogP contribution in [0.15, 0.2) is 22.8 Å². The van der Waals surface area contributed by atoms with Gasteiger partial charge in [0.15, 0.2) is 4.34 Å². The fourth-order valence-corrected chi connectivity index (χ4v) is 2.80. The van der Waals surface area contributed by atoms with E-state index in [0.29, 0.717) is 5.15 Å². The molecule has 2 aromatic heterocycles. The van der Waals surface area contributed by atoms with E-state index in [9.17, 15) is 0 Å². The van der Waals surface area contributed by atoms with Gasteiger partial charge in [-0.05, 0) is 36.2 Å². The molecule has 3 nitrogen and oxygen atoms in total. The molecule has 0 bridgehead atoms. The molecule has 0 unspecified atom stereocenters. The standard InChI is InChI=1S/C9H8ClN3S2/c1-6-2-7(3-8(10)13-6)4-14-9-11-5-12-15-9/h2-3,5H,4H2,1H3. The van der Waals surface area contributed by atoms with Crippen molar-refractivity contribution in [2.75, 3.05) is 0 Å². The summed E-state index contributed by atoms with van der Waals surface area (Å²) in [7, 11) is 0. The molecule has 0 fully saturated rings. The third-order valence-corrected chi connectivity index (χ3v) is 3.75. The van der Waals surface area contributed by atoms with Gasteiger partial charge < -0.3 is 0 Å². The van der Waals surface area contributed by atoms with E-state index < -0.39 is 0 Å². The molecule has 0 aliphatic carbocycles. The average Bonchev–Trinajstić information content (AvgIpc) is 2.65. The van der Waals surface area contributed by atoms with Crippen LogP contribution >= 0.6 is 34.9 Å². The number of thioether (sulfide) groups is 1. The maximum Gasteiger partial charge on any atom is 0.170 e. The minimum Gasteiger partial charge on any atom is -0.241 e. The van der Waals surface area contributed by atoms with Crippen molar-refractivity contribution in [2.24, 2.45) is 0 Å². The van der Waals surface area contributed by atoms with Crippen molar-refractivity contribution in [3.8, 4) is 0 Å². The number of halogens is 1. The van der Waals surface area contributed by atoms with Gasteiger partial charge in [-0.1, -0.05) is 23.4 Å². The zero-order valence-electron chi connectivity index (χ0n) is 7.98. The van der Waals surface area contributed by atoms with Crippen LogP contribution in [-0.2, 0) is 5.75 Å². The van der Waals surface area contributed by atoms with Crippen LogP contribution in [0.4, 0.5) is 0 Å². The summed E-state index contributed by atoms with van der Waals surface area (Å²) in [4.78, 5) is 8.21. The number of hydrogen-bond donors (Lipinski definition) is 0. The summed E-state index contributed by atoms with van der Waals surface area (Å²) < 4.78 is 4.91. The highest BCUT2D eigenvalue weighted by molar-refractivity contribution is 8.00. The molecule has 78 valence electrons. The Hall–Kier alpha value is -0.650. The lowest BCUT2D eigenvalue weighted by atomic mass is 10.2. The first-order valence-corrected chi connectivity index (χ1v) is 6.40. The highest BCUT2D eigenvalue weighted by Gasteiger charge is 2.01. The molecule has 2 aromatic rings. The largest absolute Gasteiger partial charge is 0.241 e. The topological polar surface area (TPSA) is 38.7 Å². The minimum atomic E-state index is 0.544. The van der Waals surface area contributed by atoms with E-state index in [0.717, 1.165) is 21.3 Å². The molecule has 0 aliphatic rings. The Morgan fingerprint density at radius 3 is 3.00 bits per heavy atom. The molecule has 0 saturated heterocycles. The minimum absolute atomic E-state index is 0.544. The predicted octanol–water partition coefficient (Wildman–Crippen LogP) is 3.19. The molecule has 0 atom stereocenters. The van der Waals surface area contributed by atoms with Gasteiger partial charge in [0, 0.05) is 11.4 Å². The van der Waals surface area contributed by atoms with Gasteiger partial charge in [-0.2, -0.15) is 4.37 Å². The molecule has 0 radical (unpaired) electrons. The summed E-state index contributed by atoms with van der Waals surface area (Å²) in [6.45, 7) is 1.94. The van der Waals surface area contributed by atoms with E-state index in [4.69, 9.17) is 11.6 Å². The van der Waals surface area contributed by atoms with E-state index in [1.807, 2.05) is 19.1 Å². The van der Waals surface area contributed by atoms with Crippen molar-refractivity contribution in [1.82, 2.24) is 14.3 Å². The number of rotatable bonds is 3. The lowest BCUT2D eigenvalue weighted by Crippen LogP contribution is -1.87. The molecule has 0 spiro atoms. The lowest BCUT2D eigenvalue weighted by Gasteiger charge is -2.01. The lowest BCUT2D eigenvalue weighted by molar-refractivity contribution is 1.16. The monoisotopic (exact) mass is 257 g/mol. The van der Waals surface area contributed by atoms with Crippen LogP contribution in [0.5, 0.6) is 0 Å². The summed E-state index contributed by atoms with van der Waals surface area (Å²) in [5.41, 5.74) is 2.10. The molecular weight excluding hydrogens is 250 g/mol. The summed E-state index contributed by atoms with van der Waals surface area (Å²) in [5.74, 6) is 0.846. The quantitative estimate of drug-likeness (QED) is 0.625. The first-order valence-electron chi connectivity index (χ1n) is 4.26. The molecule has 0 amide bonds. The maximum absolute atomic E-state index is 5.87. The molecule has 2 rings (SSSR count). The Bertz CT molecular complexity index is 424. The van der Waals surface area contributed by atoms with Gasteiger partial charge in [0.05, 0.1) is 0 Å². The number of nitrogens with zero attached hydrogens (tertiary/aromatic N) is 3. The zero-order valence-corrected chi connectivity index (χ0v) is 10.4. The second-order valence-corrected chi connectivity index (χ2v) is 5.33. The van der Waals surface area contributed by atoms with Gasteiger partial charge in [0.1, 0.15) is 11.5 Å². The van der Waals surface area contributed by atoms with Crippen LogP contribution in [0.25, 0.3) is 0 Å². The fraction of sp³-hybridized carbons (Fsp3) is 0.222. The van der Waals surface area contributed by atoms with Gasteiger partial charge in [-0.25, -0.2) is 9.97 Å². The second-order valence-electron chi connectivity index (χ2n) is 2.94. The van der Waals surface area contributed by atoms with E-state index in [1.165, 1.54) is 11.5 Å². The second kappa shape index (κ2) is 4.92. The summed E-state index contributed by atoms with van der Waals surface area (Å²) in [6, 6.07) is 3.91. The Labute approximate surface area is 101 Å². The average molecular weight is 258 g/mol. The van der Waals surface area contributed by atoms with Gasteiger partial charge >= 0.3 is 0 Å². The Kier molecular flexibility index (Phi) is 3.56. The Balaban J connectivity index is 2.05. The fourth-order valence-electron chi connectivity index (χ4n) is 1.15. The van der Waals surface area contributed by atoms with Crippen LogP contribution in [0.2, 0.25) is 5.15 Å².